The lowest BCUT2D eigenvalue weighted by Gasteiger charge is -2.32. The van der Waals surface area contributed by atoms with E-state index in [0.717, 1.165) is 75.7 Å². The monoisotopic (exact) mass is 632 g/mol. The number of hydrogen-bond acceptors (Lipinski definition) is 8. The molecule has 4 N–H and O–H groups in total. The number of nitrogens with zero attached hydrogens (tertiary/aromatic N) is 4. The number of rotatable bonds is 11. The van der Waals surface area contributed by atoms with Crippen LogP contribution in [0.1, 0.15) is 76.0 Å². The normalized spacial score (nSPS) is 18.1. The van der Waals surface area contributed by atoms with E-state index in [9.17, 15) is 9.18 Å². The largest absolute Gasteiger partial charge is 0.482 e. The van der Waals surface area contributed by atoms with Crippen LogP contribution in [0.5, 0.6) is 5.75 Å². The molecule has 3 heterocycles. The highest BCUT2D eigenvalue weighted by molar-refractivity contribution is 6.36. The Morgan fingerprint density at radius 3 is 2.63 bits per heavy atom. The highest BCUT2D eigenvalue weighted by Gasteiger charge is 2.25. The summed E-state index contributed by atoms with van der Waals surface area (Å²) in [6, 6.07) is 4.18. The van der Waals surface area contributed by atoms with Crippen LogP contribution in [0.25, 0.3) is 11.1 Å². The number of benzene rings is 1. The van der Waals surface area contributed by atoms with E-state index in [0.29, 0.717) is 22.8 Å². The van der Waals surface area contributed by atoms with Crippen molar-refractivity contribution in [1.29, 1.82) is 0 Å². The molecule has 5 rings (SSSR count). The van der Waals surface area contributed by atoms with Crippen LogP contribution in [0.15, 0.2) is 36.8 Å². The summed E-state index contributed by atoms with van der Waals surface area (Å²) in [4.78, 5) is 19.0. The van der Waals surface area contributed by atoms with Crippen LogP contribution in [-0.4, -0.2) is 57.4 Å². The molecule has 2 atom stereocenters. The van der Waals surface area contributed by atoms with Gasteiger partial charge in [0.1, 0.15) is 24.1 Å². The van der Waals surface area contributed by atoms with E-state index >= 15 is 0 Å². The zero-order valence-electron chi connectivity index (χ0n) is 24.4. The van der Waals surface area contributed by atoms with E-state index in [4.69, 9.17) is 44.1 Å². The smallest absolute Gasteiger partial charge is 0.323 e. The number of pyridine rings is 1. The zero-order valence-corrected chi connectivity index (χ0v) is 25.9. The third kappa shape index (κ3) is 7.78. The number of likely N-dealkylation sites (tertiary alicyclic amines) is 1. The van der Waals surface area contributed by atoms with Gasteiger partial charge in [0, 0.05) is 47.2 Å². The Morgan fingerprint density at radius 2 is 1.88 bits per heavy atom. The Labute approximate surface area is 261 Å². The standard InChI is InChI=1S/C31H39Cl2FN6O3/c1-19(28-24(32)8-9-25(34)29(28)33)42-27-15-20(16-37-30(27)36)21-17-38-40(18-21)22-10-13-39(14-11-22)12-4-7-26(35)31(41)43-23-5-2-3-6-23/h8-9,15-19,22-23,26H,2-7,10-14,35H2,1H3,(H2,36,37). The van der Waals surface area contributed by atoms with E-state index in [1.807, 2.05) is 10.9 Å². The average Bonchev–Trinajstić information content (AvgIpc) is 3.70. The third-order valence-electron chi connectivity index (χ3n) is 8.41. The van der Waals surface area contributed by atoms with E-state index in [1.165, 1.54) is 12.1 Å². The second-order valence-electron chi connectivity index (χ2n) is 11.5. The zero-order chi connectivity index (χ0) is 30.5. The number of hydrogen-bond donors (Lipinski definition) is 2. The fourth-order valence-corrected chi connectivity index (χ4v) is 6.55. The van der Waals surface area contributed by atoms with Crippen LogP contribution < -0.4 is 16.2 Å². The summed E-state index contributed by atoms with van der Waals surface area (Å²) in [5.41, 5.74) is 14.2. The van der Waals surface area contributed by atoms with Gasteiger partial charge in [-0.25, -0.2) is 9.37 Å². The molecule has 232 valence electrons. The molecule has 3 aromatic rings. The minimum absolute atomic E-state index is 0.0572. The van der Waals surface area contributed by atoms with Crippen LogP contribution in [-0.2, 0) is 9.53 Å². The number of nitrogen functional groups attached to an aromatic ring is 1. The molecule has 2 unspecified atom stereocenters. The van der Waals surface area contributed by atoms with E-state index < -0.39 is 18.0 Å². The van der Waals surface area contributed by atoms with Crippen molar-refractivity contribution in [3.8, 4) is 16.9 Å². The maximum absolute atomic E-state index is 14.1. The molecule has 2 aliphatic rings. The van der Waals surface area contributed by atoms with Gasteiger partial charge in [-0.2, -0.15) is 5.10 Å². The number of piperidine rings is 1. The molecule has 0 bridgehead atoms. The highest BCUT2D eigenvalue weighted by Crippen LogP contribution is 2.37. The summed E-state index contributed by atoms with van der Waals surface area (Å²) in [5.74, 6) is -0.292. The summed E-state index contributed by atoms with van der Waals surface area (Å²) < 4.78 is 27.7. The molecule has 9 nitrogen and oxygen atoms in total. The molecule has 43 heavy (non-hydrogen) atoms. The molecule has 0 spiro atoms. The number of ether oxygens (including phenoxy) is 2. The Bertz CT molecular complexity index is 1410. The van der Waals surface area contributed by atoms with Crippen LogP contribution in [0.3, 0.4) is 0 Å². The lowest BCUT2D eigenvalue weighted by molar-refractivity contribution is -0.150. The van der Waals surface area contributed by atoms with Gasteiger partial charge in [0.05, 0.1) is 17.3 Å². The fraction of sp³-hybridized carbons (Fsp3) is 0.516. The molecule has 1 saturated carbocycles. The first-order chi connectivity index (χ1) is 20.7. The summed E-state index contributed by atoms with van der Waals surface area (Å²) in [7, 11) is 0. The van der Waals surface area contributed by atoms with Gasteiger partial charge in [-0.15, -0.1) is 0 Å². The Morgan fingerprint density at radius 1 is 1.14 bits per heavy atom. The van der Waals surface area contributed by atoms with Gasteiger partial charge < -0.3 is 25.8 Å². The van der Waals surface area contributed by atoms with Gasteiger partial charge in [-0.1, -0.05) is 23.2 Å². The van der Waals surface area contributed by atoms with Gasteiger partial charge in [0.2, 0.25) is 0 Å². The minimum Gasteiger partial charge on any atom is -0.482 e. The summed E-state index contributed by atoms with van der Waals surface area (Å²) >= 11 is 12.4. The van der Waals surface area contributed by atoms with E-state index in [1.54, 1.807) is 25.4 Å². The minimum atomic E-state index is -0.663. The lowest BCUT2D eigenvalue weighted by Crippen LogP contribution is -2.38. The predicted molar refractivity (Wildman–Crippen MR) is 166 cm³/mol. The number of esters is 1. The first kappa shape index (κ1) is 31.5. The van der Waals surface area contributed by atoms with Crippen LogP contribution >= 0.6 is 23.2 Å². The summed E-state index contributed by atoms with van der Waals surface area (Å²) in [6.07, 6.45) is 12.5. The number of carbonyl (C=O) groups is 1. The molecular formula is C31H39Cl2FN6O3. The topological polar surface area (TPSA) is 122 Å². The quantitative estimate of drug-likeness (QED) is 0.185. The summed E-state index contributed by atoms with van der Waals surface area (Å²) in [5, 5.41) is 4.85. The van der Waals surface area contributed by atoms with Crippen molar-refractivity contribution in [2.24, 2.45) is 5.73 Å². The van der Waals surface area contributed by atoms with Crippen molar-refractivity contribution in [3.63, 3.8) is 0 Å². The van der Waals surface area contributed by atoms with Gasteiger partial charge in [-0.05, 0) is 83.0 Å². The molecule has 1 aromatic carbocycles. The van der Waals surface area contributed by atoms with Crippen molar-refractivity contribution < 1.29 is 18.7 Å². The molecule has 0 amide bonds. The number of anilines is 1. The highest BCUT2D eigenvalue weighted by atomic mass is 35.5. The first-order valence-electron chi connectivity index (χ1n) is 15.0. The molecule has 1 saturated heterocycles. The fourth-order valence-electron chi connectivity index (χ4n) is 5.88. The van der Waals surface area contributed by atoms with Crippen LogP contribution in [0.4, 0.5) is 10.2 Å². The van der Waals surface area contributed by atoms with Gasteiger partial charge in [0.25, 0.3) is 0 Å². The Kier molecular flexibility index (Phi) is 10.4. The third-order valence-corrected chi connectivity index (χ3v) is 9.13. The van der Waals surface area contributed by atoms with Crippen molar-refractivity contribution in [3.05, 3.63) is 58.2 Å². The molecule has 1 aliphatic carbocycles. The average molecular weight is 634 g/mol. The predicted octanol–water partition coefficient (Wildman–Crippen LogP) is 6.34. The van der Waals surface area contributed by atoms with E-state index in [-0.39, 0.29) is 29.0 Å². The van der Waals surface area contributed by atoms with Crippen molar-refractivity contribution in [2.45, 2.75) is 82.6 Å². The Hall–Kier alpha value is -2.92. The number of aromatic nitrogens is 3. The van der Waals surface area contributed by atoms with Crippen molar-refractivity contribution in [1.82, 2.24) is 19.7 Å². The maximum atomic E-state index is 14.1. The Balaban J connectivity index is 1.12. The molecule has 2 aromatic heterocycles. The SMILES string of the molecule is CC(Oc1cc(-c2cnn(C3CCN(CCCC(N)C(=O)OC4CCCC4)CC3)c2)cnc1N)c1c(Cl)ccc(F)c1Cl. The van der Waals surface area contributed by atoms with Crippen molar-refractivity contribution >= 4 is 35.0 Å². The summed E-state index contributed by atoms with van der Waals surface area (Å²) in [6.45, 7) is 4.53. The number of nitrogens with two attached hydrogens (primary N) is 2. The number of carbonyl (C=O) groups excluding carboxylic acids is 1. The maximum Gasteiger partial charge on any atom is 0.323 e. The lowest BCUT2D eigenvalue weighted by atomic mass is 10.0. The van der Waals surface area contributed by atoms with E-state index in [2.05, 4.69) is 15.0 Å². The van der Waals surface area contributed by atoms with Gasteiger partial charge in [0.15, 0.2) is 11.6 Å². The van der Waals surface area contributed by atoms with Gasteiger partial charge >= 0.3 is 5.97 Å². The van der Waals surface area contributed by atoms with Crippen molar-refractivity contribution in [2.75, 3.05) is 25.4 Å². The van der Waals surface area contributed by atoms with Crippen LogP contribution in [0.2, 0.25) is 10.0 Å². The van der Waals surface area contributed by atoms with Gasteiger partial charge in [-0.3, -0.25) is 9.48 Å². The van der Waals surface area contributed by atoms with Crippen LogP contribution in [0, 0.1) is 5.82 Å². The number of halogens is 3. The molecular weight excluding hydrogens is 594 g/mol. The molecule has 12 heteroatoms. The second kappa shape index (κ2) is 14.2. The first-order valence-corrected chi connectivity index (χ1v) is 15.7. The molecule has 0 radical (unpaired) electrons. The molecule has 1 aliphatic heterocycles. The molecule has 2 fully saturated rings. The second-order valence-corrected chi connectivity index (χ2v) is 12.3.